The molecule has 0 aromatic rings. The summed E-state index contributed by atoms with van der Waals surface area (Å²) in [6, 6.07) is 0. The Bertz CT molecular complexity index is 1050. The Morgan fingerprint density at radius 1 is 0.164 bits per heavy atom. The quantitative estimate of drug-likeness (QED) is 0.0432. The van der Waals surface area contributed by atoms with E-state index in [1.54, 1.807) is 0 Å². The van der Waals surface area contributed by atoms with Gasteiger partial charge in [0.05, 0.1) is 0 Å². The molecular weight excluding hydrogens is 897 g/mol. The minimum absolute atomic E-state index is 1.13. The standard InChI is InChI=1S/C72H134S/c1-3-5-7-9-11-13-15-17-19-21-23-25-27-29-31-33-35-37-39-41-43-45-47-49-51-53-55-57-59-61-63-65-67-69-71-73-72-70-68-66-64-62-60-58-56-54-52-50-48-46-44-42-40-38-36-34-32-30-28-26-24-22-20-18-16-14-12-10-8-6-4-2/h17-20,47-50,53-56H,3-16,21-46,51-52,57-72H2,1-2H3/b19-17-,20-18-,49-47-,50-48-,55-53-,56-54-. The lowest BCUT2D eigenvalue weighted by molar-refractivity contribution is 0.547. The van der Waals surface area contributed by atoms with E-state index >= 15 is 0 Å². The molecule has 0 N–H and O–H groups in total. The monoisotopic (exact) mass is 1030 g/mol. The maximum absolute atomic E-state index is 2.45. The van der Waals surface area contributed by atoms with Crippen LogP contribution in [0.25, 0.3) is 0 Å². The number of rotatable bonds is 64. The molecule has 73 heavy (non-hydrogen) atoms. The summed E-state index contributed by atoms with van der Waals surface area (Å²) in [4.78, 5) is 0. The van der Waals surface area contributed by atoms with Crippen LogP contribution < -0.4 is 0 Å². The smallest absolute Gasteiger partial charge is 0.00675 e. The molecule has 0 amide bonds. The summed E-state index contributed by atoms with van der Waals surface area (Å²) in [6.07, 6.45) is 107. The molecule has 0 aromatic carbocycles. The number of allylic oxidation sites excluding steroid dienone is 12. The lowest BCUT2D eigenvalue weighted by atomic mass is 10.0. The van der Waals surface area contributed by atoms with Crippen molar-refractivity contribution in [1.82, 2.24) is 0 Å². The van der Waals surface area contributed by atoms with Gasteiger partial charge in [-0.1, -0.05) is 318 Å². The van der Waals surface area contributed by atoms with Crippen molar-refractivity contribution in [3.63, 3.8) is 0 Å². The predicted octanol–water partition coefficient (Wildman–Crippen LogP) is 26.9. The SMILES string of the molecule is CCCCCCCC/C=C\CCCCCCCCCCCCC/C=C\C/C=C\CCCCCCCCSCCCCCCCC/C=C\C/C=C\CCCCCCCCCCCCC/C=C\CCCCCCCC. The molecule has 0 heterocycles. The Morgan fingerprint density at radius 2 is 0.315 bits per heavy atom. The van der Waals surface area contributed by atoms with Gasteiger partial charge in [0, 0.05) is 0 Å². The van der Waals surface area contributed by atoms with Gasteiger partial charge >= 0.3 is 0 Å². The van der Waals surface area contributed by atoms with E-state index in [9.17, 15) is 0 Å². The van der Waals surface area contributed by atoms with Crippen LogP contribution >= 0.6 is 11.8 Å². The first-order chi connectivity index (χ1) is 36.4. The summed E-state index contributed by atoms with van der Waals surface area (Å²) < 4.78 is 0. The van der Waals surface area contributed by atoms with Gasteiger partial charge in [-0.05, 0) is 140 Å². The normalized spacial score (nSPS) is 12.4. The van der Waals surface area contributed by atoms with Gasteiger partial charge in [0.2, 0.25) is 0 Å². The van der Waals surface area contributed by atoms with E-state index in [1.165, 1.54) is 358 Å². The van der Waals surface area contributed by atoms with Crippen LogP contribution in [-0.2, 0) is 0 Å². The van der Waals surface area contributed by atoms with Crippen LogP contribution in [0.3, 0.4) is 0 Å². The van der Waals surface area contributed by atoms with E-state index in [4.69, 9.17) is 0 Å². The van der Waals surface area contributed by atoms with E-state index in [0.717, 1.165) is 12.8 Å². The van der Waals surface area contributed by atoms with Gasteiger partial charge in [-0.15, -0.1) is 0 Å². The van der Waals surface area contributed by atoms with Crippen molar-refractivity contribution in [3.8, 4) is 0 Å². The highest BCUT2D eigenvalue weighted by atomic mass is 32.2. The van der Waals surface area contributed by atoms with E-state index in [2.05, 4.69) is 98.5 Å². The molecule has 0 saturated heterocycles. The topological polar surface area (TPSA) is 0 Å². The third kappa shape index (κ3) is 70.8. The molecule has 0 spiro atoms. The Balaban J connectivity index is 3.22. The van der Waals surface area contributed by atoms with Gasteiger partial charge in [-0.25, -0.2) is 0 Å². The van der Waals surface area contributed by atoms with Gasteiger partial charge in [0.15, 0.2) is 0 Å². The molecule has 0 bridgehead atoms. The fourth-order valence-electron chi connectivity index (χ4n) is 10.2. The van der Waals surface area contributed by atoms with Crippen molar-refractivity contribution < 1.29 is 0 Å². The number of unbranched alkanes of at least 4 members (excludes halogenated alkanes) is 48. The van der Waals surface area contributed by atoms with Crippen LogP contribution in [0.4, 0.5) is 0 Å². The highest BCUT2D eigenvalue weighted by molar-refractivity contribution is 7.99. The zero-order valence-corrected chi connectivity index (χ0v) is 51.2. The molecule has 0 atom stereocenters. The molecule has 1 heteroatoms. The van der Waals surface area contributed by atoms with Gasteiger partial charge in [0.25, 0.3) is 0 Å². The van der Waals surface area contributed by atoms with Crippen LogP contribution in [0.1, 0.15) is 373 Å². The summed E-state index contributed by atoms with van der Waals surface area (Å²) >= 11 is 2.21. The Kier molecular flexibility index (Phi) is 69.6. The van der Waals surface area contributed by atoms with Gasteiger partial charge in [0.1, 0.15) is 0 Å². The average molecular weight is 1030 g/mol. The second-order valence-electron chi connectivity index (χ2n) is 22.8. The van der Waals surface area contributed by atoms with Crippen molar-refractivity contribution >= 4 is 11.8 Å². The van der Waals surface area contributed by atoms with Crippen LogP contribution in [-0.4, -0.2) is 11.5 Å². The maximum atomic E-state index is 2.45. The number of thioether (sulfide) groups is 1. The molecule has 0 aliphatic heterocycles. The first-order valence-electron chi connectivity index (χ1n) is 33.9. The summed E-state index contributed by atoms with van der Waals surface area (Å²) in [5.74, 6) is 2.77. The van der Waals surface area contributed by atoms with E-state index < -0.39 is 0 Å². The zero-order chi connectivity index (χ0) is 52.2. The highest BCUT2D eigenvalue weighted by Gasteiger charge is 1.98. The molecule has 0 radical (unpaired) electrons. The number of hydrogen-bond acceptors (Lipinski definition) is 1. The Morgan fingerprint density at radius 3 is 0.507 bits per heavy atom. The summed E-state index contributed by atoms with van der Waals surface area (Å²) in [6.45, 7) is 4.60. The third-order valence-corrected chi connectivity index (χ3v) is 16.4. The Labute approximate surface area is 467 Å². The van der Waals surface area contributed by atoms with Crippen LogP contribution in [0, 0.1) is 0 Å². The molecule has 0 aromatic heterocycles. The molecule has 0 aliphatic rings. The minimum atomic E-state index is 1.13. The summed E-state index contributed by atoms with van der Waals surface area (Å²) in [5, 5.41) is 0. The van der Waals surface area contributed by atoms with Gasteiger partial charge in [-0.2, -0.15) is 11.8 Å². The third-order valence-electron chi connectivity index (χ3n) is 15.3. The fraction of sp³-hybridized carbons (Fsp3) is 0.833. The van der Waals surface area contributed by atoms with Crippen molar-refractivity contribution in [2.75, 3.05) is 11.5 Å². The minimum Gasteiger partial charge on any atom is -0.162 e. The van der Waals surface area contributed by atoms with E-state index in [0.29, 0.717) is 0 Å². The van der Waals surface area contributed by atoms with E-state index in [-0.39, 0.29) is 0 Å². The molecule has 0 nitrogen and oxygen atoms in total. The summed E-state index contributed by atoms with van der Waals surface area (Å²) in [5.41, 5.74) is 0. The lowest BCUT2D eigenvalue weighted by Crippen LogP contribution is -1.87. The van der Waals surface area contributed by atoms with Gasteiger partial charge in [-0.3, -0.25) is 0 Å². The summed E-state index contributed by atoms with van der Waals surface area (Å²) in [7, 11) is 0. The fourth-order valence-corrected chi connectivity index (χ4v) is 11.3. The Hall–Kier alpha value is -1.21. The molecule has 0 saturated carbocycles. The molecular formula is C72H134S. The predicted molar refractivity (Wildman–Crippen MR) is 342 cm³/mol. The van der Waals surface area contributed by atoms with Crippen molar-refractivity contribution in [1.29, 1.82) is 0 Å². The molecule has 0 aliphatic carbocycles. The van der Waals surface area contributed by atoms with Crippen LogP contribution in [0.5, 0.6) is 0 Å². The first-order valence-corrected chi connectivity index (χ1v) is 35.0. The maximum Gasteiger partial charge on any atom is -0.00675 e. The largest absolute Gasteiger partial charge is 0.162 e. The average Bonchev–Trinajstić information content (AvgIpc) is 3.40. The molecule has 0 rings (SSSR count). The van der Waals surface area contributed by atoms with Gasteiger partial charge < -0.3 is 0 Å². The second kappa shape index (κ2) is 70.8. The zero-order valence-electron chi connectivity index (χ0n) is 50.3. The van der Waals surface area contributed by atoms with Crippen molar-refractivity contribution in [2.45, 2.75) is 373 Å². The second-order valence-corrected chi connectivity index (χ2v) is 24.0. The molecule has 0 unspecified atom stereocenters. The van der Waals surface area contributed by atoms with Crippen molar-refractivity contribution in [2.24, 2.45) is 0 Å². The highest BCUT2D eigenvalue weighted by Crippen LogP contribution is 2.18. The lowest BCUT2D eigenvalue weighted by Gasteiger charge is -2.03. The van der Waals surface area contributed by atoms with Crippen LogP contribution in [0.15, 0.2) is 72.9 Å². The van der Waals surface area contributed by atoms with Crippen molar-refractivity contribution in [3.05, 3.63) is 72.9 Å². The molecule has 0 fully saturated rings. The van der Waals surface area contributed by atoms with E-state index in [1.807, 2.05) is 0 Å². The molecule has 428 valence electrons. The first kappa shape index (κ1) is 71.8. The number of hydrogen-bond donors (Lipinski definition) is 0. The van der Waals surface area contributed by atoms with Crippen LogP contribution in [0.2, 0.25) is 0 Å².